The van der Waals surface area contributed by atoms with Crippen LogP contribution in [-0.2, 0) is 40.6 Å². The van der Waals surface area contributed by atoms with Gasteiger partial charge < -0.3 is 14.4 Å². The number of fused-ring (bicyclic) bond motifs is 3. The maximum absolute atomic E-state index is 6.63. The minimum Gasteiger partial charge on any atom is -0.339 e. The molecule has 6 aromatic rings. The van der Waals surface area contributed by atoms with E-state index in [9.17, 15) is 0 Å². The zero-order valence-electron chi connectivity index (χ0n) is 35.9. The van der Waals surface area contributed by atoms with Gasteiger partial charge in [0.25, 0.3) is 0 Å². The number of aryl methyl sites for hydroxylation is 4. The van der Waals surface area contributed by atoms with E-state index >= 15 is 0 Å². The van der Waals surface area contributed by atoms with Crippen LogP contribution in [0.5, 0.6) is 0 Å². The molecule has 0 spiro atoms. The quantitative estimate of drug-likeness (QED) is 0.168. The van der Waals surface area contributed by atoms with Crippen LogP contribution in [-0.4, -0.2) is 11.2 Å². The summed E-state index contributed by atoms with van der Waals surface area (Å²) in [4.78, 5) is 2.57. The van der Waals surface area contributed by atoms with Crippen LogP contribution in [0.2, 0.25) is 0 Å². The highest BCUT2D eigenvalue weighted by Crippen LogP contribution is 2.54. The Balaban J connectivity index is 1.07. The molecule has 1 aliphatic heterocycles. The monoisotopic (exact) mass is 777 g/mol. The smallest absolute Gasteiger partial charge is 0.185 e. The van der Waals surface area contributed by atoms with Crippen molar-refractivity contribution in [3.63, 3.8) is 0 Å². The summed E-state index contributed by atoms with van der Waals surface area (Å²) in [6.45, 7) is 13.4. The van der Waals surface area contributed by atoms with Crippen LogP contribution in [0.4, 0.5) is 17.1 Å². The second-order valence-electron chi connectivity index (χ2n) is 19.3. The highest BCUT2D eigenvalue weighted by Gasteiger charge is 2.50. The zero-order valence-corrected chi connectivity index (χ0v) is 35.9. The van der Waals surface area contributed by atoms with Crippen molar-refractivity contribution < 1.29 is 9.47 Å². The first-order valence-electron chi connectivity index (χ1n) is 22.3. The normalized spacial score (nSPS) is 19.2. The molecule has 7 aliphatic rings. The van der Waals surface area contributed by atoms with E-state index in [1.807, 2.05) is 0 Å². The Morgan fingerprint density at radius 2 is 1.19 bits per heavy atom. The van der Waals surface area contributed by atoms with Gasteiger partial charge in [-0.3, -0.25) is 0 Å². The Hall–Kier alpha value is -4.96. The Kier molecular flexibility index (Phi) is 9.49. The summed E-state index contributed by atoms with van der Waals surface area (Å²) in [6, 6.07) is 49.1. The Morgan fingerprint density at radius 1 is 0.525 bits per heavy atom. The van der Waals surface area contributed by atoms with E-state index in [1.54, 1.807) is 0 Å². The van der Waals surface area contributed by atoms with Crippen LogP contribution in [0.3, 0.4) is 0 Å². The fourth-order valence-corrected chi connectivity index (χ4v) is 10.5. The van der Waals surface area contributed by atoms with Gasteiger partial charge in [-0.1, -0.05) is 130 Å². The molecule has 4 bridgehead atoms. The number of rotatable bonds is 6. The third-order valence-corrected chi connectivity index (χ3v) is 14.7. The van der Waals surface area contributed by atoms with E-state index in [0.717, 1.165) is 25.7 Å². The molecule has 0 aromatic heterocycles. The second kappa shape index (κ2) is 14.6. The molecule has 0 N–H and O–H groups in total. The molecule has 1 saturated carbocycles. The predicted molar refractivity (Wildman–Crippen MR) is 244 cm³/mol. The first-order valence-corrected chi connectivity index (χ1v) is 22.3. The highest BCUT2D eigenvalue weighted by molar-refractivity contribution is 5.94. The van der Waals surface area contributed by atoms with Gasteiger partial charge in [-0.05, 0) is 164 Å². The van der Waals surface area contributed by atoms with E-state index < -0.39 is 0 Å². The van der Waals surface area contributed by atoms with E-state index in [-0.39, 0.29) is 22.9 Å². The minimum atomic E-state index is -0.377. The minimum absolute atomic E-state index is 0.149. The molecule has 1 heterocycles. The van der Waals surface area contributed by atoms with Gasteiger partial charge in [0.2, 0.25) is 0 Å². The van der Waals surface area contributed by atoms with E-state index in [1.165, 1.54) is 116 Å². The van der Waals surface area contributed by atoms with Crippen molar-refractivity contribution in [2.24, 2.45) is 0 Å². The molecular weight excluding hydrogens is 719 g/mol. The number of ether oxygens (including phenoxy) is 2. The van der Waals surface area contributed by atoms with Crippen molar-refractivity contribution in [1.82, 2.24) is 0 Å². The molecule has 6 aliphatic carbocycles. The number of benzene rings is 6. The Morgan fingerprint density at radius 3 is 1.92 bits per heavy atom. The van der Waals surface area contributed by atoms with Crippen molar-refractivity contribution in [2.45, 2.75) is 128 Å². The van der Waals surface area contributed by atoms with Gasteiger partial charge in [-0.15, -0.1) is 0 Å². The molecule has 13 rings (SSSR count). The summed E-state index contributed by atoms with van der Waals surface area (Å²) in [5.41, 5.74) is 18.9. The van der Waals surface area contributed by atoms with Gasteiger partial charge >= 0.3 is 0 Å². The van der Waals surface area contributed by atoms with Crippen molar-refractivity contribution in [3.05, 3.63) is 172 Å². The van der Waals surface area contributed by atoms with Crippen molar-refractivity contribution >= 4 is 17.1 Å². The molecule has 0 unspecified atom stereocenters. The van der Waals surface area contributed by atoms with Crippen molar-refractivity contribution in [2.75, 3.05) is 4.90 Å². The molecule has 2 fully saturated rings. The molecule has 59 heavy (non-hydrogen) atoms. The lowest BCUT2D eigenvalue weighted by Crippen LogP contribution is -2.41. The maximum atomic E-state index is 6.63. The van der Waals surface area contributed by atoms with E-state index in [4.69, 9.17) is 9.47 Å². The molecule has 3 nitrogen and oxygen atoms in total. The van der Waals surface area contributed by atoms with Crippen LogP contribution in [0, 0.1) is 0 Å². The van der Waals surface area contributed by atoms with Gasteiger partial charge in [0.15, 0.2) is 6.29 Å². The second-order valence-corrected chi connectivity index (χ2v) is 19.3. The SMILES string of the molecule is CC1(C)c2cc(N(c3ccc(C4CCCCC4)cc3)c3cc4ccc3CCc3ccc(c(C5OC(C)(C)C(C)(C)O5)c3)CC4)ccc2-c2c(-c3ccccc3)cccc21. The average molecular weight is 778 g/mol. The summed E-state index contributed by atoms with van der Waals surface area (Å²) in [6.07, 6.45) is 10.0. The zero-order chi connectivity index (χ0) is 40.5. The van der Waals surface area contributed by atoms with Crippen LogP contribution < -0.4 is 4.90 Å². The summed E-state index contributed by atoms with van der Waals surface area (Å²) >= 11 is 0. The van der Waals surface area contributed by atoms with Crippen LogP contribution >= 0.6 is 0 Å². The lowest BCUT2D eigenvalue weighted by molar-refractivity contribution is -0.0901. The van der Waals surface area contributed by atoms with E-state index in [0.29, 0.717) is 5.92 Å². The van der Waals surface area contributed by atoms with Crippen LogP contribution in [0.1, 0.15) is 130 Å². The molecule has 300 valence electrons. The first-order chi connectivity index (χ1) is 28.5. The summed E-state index contributed by atoms with van der Waals surface area (Å²) < 4.78 is 13.3. The van der Waals surface area contributed by atoms with Crippen molar-refractivity contribution in [1.29, 1.82) is 0 Å². The lowest BCUT2D eigenvalue weighted by Gasteiger charge is -2.31. The summed E-state index contributed by atoms with van der Waals surface area (Å²) in [7, 11) is 0. The first kappa shape index (κ1) is 38.3. The molecule has 1 saturated heterocycles. The fourth-order valence-electron chi connectivity index (χ4n) is 10.5. The number of nitrogens with zero attached hydrogens (tertiary/aromatic N) is 1. The lowest BCUT2D eigenvalue weighted by atomic mass is 9.81. The summed E-state index contributed by atoms with van der Waals surface area (Å²) in [5, 5.41) is 0. The third-order valence-electron chi connectivity index (χ3n) is 14.7. The average Bonchev–Trinajstić information content (AvgIpc) is 3.61. The highest BCUT2D eigenvalue weighted by atomic mass is 16.7. The summed E-state index contributed by atoms with van der Waals surface area (Å²) in [5.74, 6) is 0.668. The molecular formula is C56H59NO2. The van der Waals surface area contributed by atoms with Crippen LogP contribution in [0.25, 0.3) is 22.3 Å². The predicted octanol–water partition coefficient (Wildman–Crippen LogP) is 14.7. The Labute approximate surface area is 352 Å². The Bertz CT molecular complexity index is 2500. The molecule has 0 radical (unpaired) electrons. The fraction of sp³-hybridized carbons (Fsp3) is 0.357. The maximum Gasteiger partial charge on any atom is 0.185 e. The standard InChI is InChI=1S/C56H59NO2/c1-54(2)49-19-13-18-46(41-16-11-8-12-17-41)52(49)47-33-32-45(36-50(47)54)57(44-30-28-40(29-31-44)39-14-9-7-10-15-39)51-35-38-21-25-42-24-20-37(22-26-43(51)27-23-38)34-48(42)53-58-55(3,4)56(5,6)59-53/h8,11-13,16-20,23-24,27-36,39,53H,7,9-10,14-15,21-22,25-26H2,1-6H3. The van der Waals surface area contributed by atoms with Crippen molar-refractivity contribution in [3.8, 4) is 22.3 Å². The largest absolute Gasteiger partial charge is 0.339 e. The van der Waals surface area contributed by atoms with Gasteiger partial charge in [-0.25, -0.2) is 0 Å². The van der Waals surface area contributed by atoms with Gasteiger partial charge in [0.05, 0.1) is 11.2 Å². The molecule has 6 aromatic carbocycles. The topological polar surface area (TPSA) is 21.7 Å². The van der Waals surface area contributed by atoms with E-state index in [2.05, 4.69) is 174 Å². The molecule has 3 heteroatoms. The number of hydrogen-bond acceptors (Lipinski definition) is 3. The van der Waals surface area contributed by atoms with Gasteiger partial charge in [-0.2, -0.15) is 0 Å². The van der Waals surface area contributed by atoms with Crippen LogP contribution in [0.15, 0.2) is 127 Å². The molecule has 0 atom stereocenters. The molecule has 0 amide bonds. The number of hydrogen-bond donors (Lipinski definition) is 0. The third kappa shape index (κ3) is 6.75. The van der Waals surface area contributed by atoms with Gasteiger partial charge in [0.1, 0.15) is 0 Å². The number of anilines is 3. The van der Waals surface area contributed by atoms with Gasteiger partial charge in [0, 0.05) is 28.0 Å².